The minimum Gasteiger partial charge on any atom is -0.395 e. The Kier molecular flexibility index (Phi) is 4.31. The van der Waals surface area contributed by atoms with Crippen molar-refractivity contribution in [2.24, 2.45) is 7.05 Å². The second-order valence-corrected chi connectivity index (χ2v) is 5.07. The van der Waals surface area contributed by atoms with Gasteiger partial charge < -0.3 is 10.6 Å². The van der Waals surface area contributed by atoms with Crippen LogP contribution in [0.15, 0.2) is 24.3 Å². The molecule has 0 unspecified atom stereocenters. The molecule has 21 heavy (non-hydrogen) atoms. The van der Waals surface area contributed by atoms with Gasteiger partial charge in [-0.1, -0.05) is 26.0 Å². The number of nitrogens with two attached hydrogens (primary N) is 1. The summed E-state index contributed by atoms with van der Waals surface area (Å²) in [6, 6.07) is 7.96. The number of rotatable bonds is 4. The van der Waals surface area contributed by atoms with E-state index in [4.69, 9.17) is 5.73 Å². The van der Waals surface area contributed by atoms with Crippen LogP contribution in [-0.2, 0) is 19.9 Å². The molecule has 0 fully saturated rings. The summed E-state index contributed by atoms with van der Waals surface area (Å²) in [7, 11) is 3.50. The number of aryl methyl sites for hydroxylation is 3. The third-order valence-corrected chi connectivity index (χ3v) is 3.73. The number of hydrogen-bond acceptors (Lipinski definition) is 3. The van der Waals surface area contributed by atoms with Gasteiger partial charge >= 0.3 is 0 Å². The van der Waals surface area contributed by atoms with Gasteiger partial charge in [-0.05, 0) is 30.5 Å². The van der Waals surface area contributed by atoms with E-state index in [1.807, 2.05) is 31.2 Å². The lowest BCUT2D eigenvalue weighted by Crippen LogP contribution is -2.29. The van der Waals surface area contributed by atoms with Gasteiger partial charge in [0.05, 0.1) is 11.4 Å². The average molecular weight is 286 g/mol. The Bertz CT molecular complexity index is 643. The zero-order chi connectivity index (χ0) is 15.6. The first kappa shape index (κ1) is 15.1. The van der Waals surface area contributed by atoms with Gasteiger partial charge in [0.1, 0.15) is 5.69 Å². The van der Waals surface area contributed by atoms with Gasteiger partial charge in [-0.15, -0.1) is 0 Å². The van der Waals surface area contributed by atoms with Crippen molar-refractivity contribution in [2.75, 3.05) is 17.7 Å². The quantitative estimate of drug-likeness (QED) is 0.938. The Morgan fingerprint density at radius 3 is 2.33 bits per heavy atom. The van der Waals surface area contributed by atoms with Crippen LogP contribution in [0.4, 0.5) is 11.4 Å². The Labute approximate surface area is 125 Å². The van der Waals surface area contributed by atoms with Crippen LogP contribution in [0, 0.1) is 0 Å². The topological polar surface area (TPSA) is 64.2 Å². The van der Waals surface area contributed by atoms with E-state index in [2.05, 4.69) is 12.0 Å². The van der Waals surface area contributed by atoms with Crippen LogP contribution in [-0.4, -0.2) is 22.7 Å². The van der Waals surface area contributed by atoms with Crippen molar-refractivity contribution in [1.82, 2.24) is 9.78 Å². The SMILES string of the molecule is CCc1ccc(N(C)C(=O)c2c(N)c(CC)nn2C)cc1. The summed E-state index contributed by atoms with van der Waals surface area (Å²) in [6.45, 7) is 4.08. The van der Waals surface area contributed by atoms with Crippen LogP contribution in [0.1, 0.15) is 35.6 Å². The number of aromatic nitrogens is 2. The first-order valence-electron chi connectivity index (χ1n) is 7.17. The molecule has 2 rings (SSSR count). The highest BCUT2D eigenvalue weighted by molar-refractivity contribution is 6.08. The number of nitrogens with zero attached hydrogens (tertiary/aromatic N) is 3. The Morgan fingerprint density at radius 1 is 1.24 bits per heavy atom. The first-order chi connectivity index (χ1) is 9.99. The van der Waals surface area contributed by atoms with Gasteiger partial charge in [0.25, 0.3) is 5.91 Å². The molecule has 0 radical (unpaired) electrons. The normalized spacial score (nSPS) is 10.7. The van der Waals surface area contributed by atoms with E-state index in [0.29, 0.717) is 17.8 Å². The van der Waals surface area contributed by atoms with E-state index in [-0.39, 0.29) is 5.91 Å². The number of amides is 1. The van der Waals surface area contributed by atoms with Gasteiger partial charge in [-0.25, -0.2) is 0 Å². The fourth-order valence-electron chi connectivity index (χ4n) is 2.34. The molecule has 112 valence electrons. The minimum atomic E-state index is -0.147. The van der Waals surface area contributed by atoms with Crippen LogP contribution in [0.5, 0.6) is 0 Å². The van der Waals surface area contributed by atoms with E-state index < -0.39 is 0 Å². The van der Waals surface area contributed by atoms with Crippen molar-refractivity contribution in [3.05, 3.63) is 41.2 Å². The molecule has 1 aromatic heterocycles. The lowest BCUT2D eigenvalue weighted by molar-refractivity contribution is 0.0985. The van der Waals surface area contributed by atoms with E-state index in [1.165, 1.54) is 5.56 Å². The molecule has 0 aliphatic heterocycles. The molecule has 0 spiro atoms. The summed E-state index contributed by atoms with van der Waals surface area (Å²) >= 11 is 0. The van der Waals surface area contributed by atoms with Crippen molar-refractivity contribution < 1.29 is 4.79 Å². The van der Waals surface area contributed by atoms with Crippen LogP contribution < -0.4 is 10.6 Å². The highest BCUT2D eigenvalue weighted by Crippen LogP contribution is 2.22. The maximum Gasteiger partial charge on any atom is 0.278 e. The largest absolute Gasteiger partial charge is 0.395 e. The van der Waals surface area contributed by atoms with Crippen molar-refractivity contribution in [3.63, 3.8) is 0 Å². The maximum absolute atomic E-state index is 12.7. The number of carbonyl (C=O) groups excluding carboxylic acids is 1. The Hall–Kier alpha value is -2.30. The molecule has 2 N–H and O–H groups in total. The van der Waals surface area contributed by atoms with Crippen LogP contribution >= 0.6 is 0 Å². The lowest BCUT2D eigenvalue weighted by atomic mass is 10.1. The molecule has 1 amide bonds. The molecule has 1 heterocycles. The van der Waals surface area contributed by atoms with Crippen molar-refractivity contribution in [3.8, 4) is 0 Å². The second-order valence-electron chi connectivity index (χ2n) is 5.07. The zero-order valence-electron chi connectivity index (χ0n) is 13.1. The molecule has 0 saturated heterocycles. The van der Waals surface area contributed by atoms with E-state index in [0.717, 1.165) is 17.8 Å². The Balaban J connectivity index is 2.32. The third kappa shape index (κ3) is 2.77. The van der Waals surface area contributed by atoms with Gasteiger partial charge in [-0.2, -0.15) is 5.10 Å². The van der Waals surface area contributed by atoms with Crippen molar-refractivity contribution >= 4 is 17.3 Å². The van der Waals surface area contributed by atoms with Crippen molar-refractivity contribution in [1.29, 1.82) is 0 Å². The monoisotopic (exact) mass is 286 g/mol. The fourth-order valence-corrected chi connectivity index (χ4v) is 2.34. The zero-order valence-corrected chi connectivity index (χ0v) is 13.1. The van der Waals surface area contributed by atoms with Crippen LogP contribution in [0.25, 0.3) is 0 Å². The summed E-state index contributed by atoms with van der Waals surface area (Å²) in [5.74, 6) is -0.147. The van der Waals surface area contributed by atoms with Crippen molar-refractivity contribution in [2.45, 2.75) is 26.7 Å². The Morgan fingerprint density at radius 2 is 1.86 bits per heavy atom. The predicted molar refractivity (Wildman–Crippen MR) is 85.6 cm³/mol. The number of nitrogen functional groups attached to an aromatic ring is 1. The molecule has 1 aromatic carbocycles. The summed E-state index contributed by atoms with van der Waals surface area (Å²) in [6.07, 6.45) is 1.69. The van der Waals surface area contributed by atoms with Crippen LogP contribution in [0.3, 0.4) is 0 Å². The minimum absolute atomic E-state index is 0.147. The summed E-state index contributed by atoms with van der Waals surface area (Å²) in [5.41, 5.74) is 9.81. The molecule has 0 bridgehead atoms. The molecular formula is C16H22N4O. The summed E-state index contributed by atoms with van der Waals surface area (Å²) < 4.78 is 1.56. The molecule has 0 saturated carbocycles. The summed E-state index contributed by atoms with van der Waals surface area (Å²) in [4.78, 5) is 14.3. The average Bonchev–Trinajstić information content (AvgIpc) is 2.80. The van der Waals surface area contributed by atoms with Gasteiger partial charge in [-0.3, -0.25) is 9.48 Å². The highest BCUT2D eigenvalue weighted by atomic mass is 16.2. The molecule has 5 nitrogen and oxygen atoms in total. The molecule has 5 heteroatoms. The van der Waals surface area contributed by atoms with Crippen LogP contribution in [0.2, 0.25) is 0 Å². The highest BCUT2D eigenvalue weighted by Gasteiger charge is 2.22. The first-order valence-corrected chi connectivity index (χ1v) is 7.17. The smallest absolute Gasteiger partial charge is 0.278 e. The molecule has 2 aromatic rings. The van der Waals surface area contributed by atoms with Gasteiger partial charge in [0.15, 0.2) is 0 Å². The maximum atomic E-state index is 12.7. The second kappa shape index (κ2) is 5.99. The lowest BCUT2D eigenvalue weighted by Gasteiger charge is -2.18. The molecule has 0 aliphatic carbocycles. The fraction of sp³-hybridized carbons (Fsp3) is 0.375. The predicted octanol–water partition coefficient (Wildman–Crippen LogP) is 2.40. The molecule has 0 aliphatic rings. The van der Waals surface area contributed by atoms with Gasteiger partial charge in [0.2, 0.25) is 0 Å². The number of carbonyl (C=O) groups is 1. The number of anilines is 2. The van der Waals surface area contributed by atoms with E-state index in [1.54, 1.807) is 23.7 Å². The van der Waals surface area contributed by atoms with E-state index in [9.17, 15) is 4.79 Å². The number of hydrogen-bond donors (Lipinski definition) is 1. The number of benzene rings is 1. The van der Waals surface area contributed by atoms with E-state index >= 15 is 0 Å². The van der Waals surface area contributed by atoms with Gasteiger partial charge in [0, 0.05) is 19.8 Å². The molecule has 0 atom stereocenters. The third-order valence-electron chi connectivity index (χ3n) is 3.73. The molecular weight excluding hydrogens is 264 g/mol. The summed E-state index contributed by atoms with van der Waals surface area (Å²) in [5, 5.41) is 4.30. The standard InChI is InChI=1S/C16H22N4O/c1-5-11-7-9-12(10-8-11)19(3)16(21)15-14(17)13(6-2)18-20(15)4/h7-10H,5-6,17H2,1-4H3.